The minimum Gasteiger partial charge on any atom is -0.496 e. The van der Waals surface area contributed by atoms with E-state index >= 15 is 0 Å². The molecule has 0 aliphatic carbocycles. The van der Waals surface area contributed by atoms with Gasteiger partial charge in [0.2, 0.25) is 5.78 Å². The summed E-state index contributed by atoms with van der Waals surface area (Å²) >= 11 is 0. The quantitative estimate of drug-likeness (QED) is 0.792. The summed E-state index contributed by atoms with van der Waals surface area (Å²) in [6.07, 6.45) is 0. The first-order valence-corrected chi connectivity index (χ1v) is 6.07. The van der Waals surface area contributed by atoms with Crippen LogP contribution in [0.3, 0.4) is 0 Å². The van der Waals surface area contributed by atoms with Gasteiger partial charge >= 0.3 is 0 Å². The van der Waals surface area contributed by atoms with Gasteiger partial charge in [0.15, 0.2) is 5.76 Å². The van der Waals surface area contributed by atoms with Crippen molar-refractivity contribution in [2.75, 3.05) is 14.2 Å². The molecule has 0 amide bonds. The Bertz CT molecular complexity index is 617. The molecule has 2 rings (SSSR count). The minimum absolute atomic E-state index is 0.0373. The lowest BCUT2D eigenvalue weighted by molar-refractivity contribution is 0.0831. The summed E-state index contributed by atoms with van der Waals surface area (Å²) in [5, 5.41) is 0.774. The van der Waals surface area contributed by atoms with E-state index in [0.29, 0.717) is 22.8 Å². The fraction of sp³-hybridized carbons (Fsp3) is 0.400. The molecule has 1 aromatic carbocycles. The largest absolute Gasteiger partial charge is 0.496 e. The first kappa shape index (κ1) is 13.5. The van der Waals surface area contributed by atoms with Gasteiger partial charge in [0.05, 0.1) is 19.6 Å². The standard InChI is InChI=1S/C15H18O4/c1-15(2,3)14(16)13-8-10-11(18-5)6-9(17-4)7-12(10)19-13/h6-8H,1-5H3. The van der Waals surface area contributed by atoms with E-state index in [9.17, 15) is 4.79 Å². The predicted octanol–water partition coefficient (Wildman–Crippen LogP) is 3.68. The lowest BCUT2D eigenvalue weighted by Crippen LogP contribution is -2.19. The first-order valence-electron chi connectivity index (χ1n) is 6.07. The van der Waals surface area contributed by atoms with Gasteiger partial charge in [-0.15, -0.1) is 0 Å². The molecule has 4 heteroatoms. The Morgan fingerprint density at radius 2 is 1.79 bits per heavy atom. The van der Waals surface area contributed by atoms with Gasteiger partial charge in [0.25, 0.3) is 0 Å². The van der Waals surface area contributed by atoms with Gasteiger partial charge in [0, 0.05) is 17.5 Å². The molecule has 0 fully saturated rings. The highest BCUT2D eigenvalue weighted by Gasteiger charge is 2.26. The molecule has 0 spiro atoms. The zero-order valence-electron chi connectivity index (χ0n) is 11.9. The Kier molecular flexibility index (Phi) is 3.27. The Hall–Kier alpha value is -1.97. The first-order chi connectivity index (χ1) is 8.86. The Morgan fingerprint density at radius 1 is 1.11 bits per heavy atom. The predicted molar refractivity (Wildman–Crippen MR) is 73.1 cm³/mol. The molecule has 0 atom stereocenters. The maximum Gasteiger partial charge on any atom is 0.203 e. The van der Waals surface area contributed by atoms with Crippen LogP contribution in [-0.4, -0.2) is 20.0 Å². The van der Waals surface area contributed by atoms with Crippen molar-refractivity contribution in [3.8, 4) is 11.5 Å². The number of fused-ring (bicyclic) bond motifs is 1. The van der Waals surface area contributed by atoms with Crippen LogP contribution in [0.1, 0.15) is 31.3 Å². The highest BCUT2D eigenvalue weighted by atomic mass is 16.5. The number of ketones is 1. The van der Waals surface area contributed by atoms with Gasteiger partial charge in [-0.05, 0) is 6.07 Å². The Morgan fingerprint density at radius 3 is 2.32 bits per heavy atom. The highest BCUT2D eigenvalue weighted by molar-refractivity contribution is 6.01. The smallest absolute Gasteiger partial charge is 0.203 e. The molecule has 1 aromatic heterocycles. The zero-order valence-corrected chi connectivity index (χ0v) is 11.9. The van der Waals surface area contributed by atoms with Crippen molar-refractivity contribution >= 4 is 16.8 Å². The summed E-state index contributed by atoms with van der Waals surface area (Å²) in [5.41, 5.74) is 0.106. The number of furan rings is 1. The molecule has 19 heavy (non-hydrogen) atoms. The van der Waals surface area contributed by atoms with Gasteiger partial charge in [-0.2, -0.15) is 0 Å². The molecule has 0 aliphatic rings. The summed E-state index contributed by atoms with van der Waals surface area (Å²) < 4.78 is 16.1. The fourth-order valence-corrected chi connectivity index (χ4v) is 1.85. The molecule has 2 aromatic rings. The van der Waals surface area contributed by atoms with Crippen molar-refractivity contribution in [2.45, 2.75) is 20.8 Å². The monoisotopic (exact) mass is 262 g/mol. The molecule has 4 nitrogen and oxygen atoms in total. The number of carbonyl (C=O) groups is 1. The van der Waals surface area contributed by atoms with Crippen molar-refractivity contribution in [1.29, 1.82) is 0 Å². The van der Waals surface area contributed by atoms with Crippen LogP contribution < -0.4 is 9.47 Å². The molecular weight excluding hydrogens is 244 g/mol. The van der Waals surface area contributed by atoms with Crippen LogP contribution in [0, 0.1) is 5.41 Å². The topological polar surface area (TPSA) is 48.7 Å². The molecule has 1 heterocycles. The van der Waals surface area contributed by atoms with Crippen molar-refractivity contribution in [3.63, 3.8) is 0 Å². The van der Waals surface area contributed by atoms with Crippen LogP contribution in [0.15, 0.2) is 22.6 Å². The van der Waals surface area contributed by atoms with Crippen molar-refractivity contribution in [3.05, 3.63) is 24.0 Å². The van der Waals surface area contributed by atoms with Gasteiger partial charge in [0.1, 0.15) is 17.1 Å². The number of hydrogen-bond acceptors (Lipinski definition) is 4. The van der Waals surface area contributed by atoms with E-state index in [-0.39, 0.29) is 5.78 Å². The normalized spacial score (nSPS) is 11.6. The lowest BCUT2D eigenvalue weighted by Gasteiger charge is -2.13. The minimum atomic E-state index is -0.481. The summed E-state index contributed by atoms with van der Waals surface area (Å²) in [7, 11) is 3.15. The molecule has 0 bridgehead atoms. The number of hydrogen-bond donors (Lipinski definition) is 0. The highest BCUT2D eigenvalue weighted by Crippen LogP contribution is 2.35. The molecule has 102 valence electrons. The van der Waals surface area contributed by atoms with E-state index in [1.165, 1.54) is 0 Å². The molecular formula is C15H18O4. The number of methoxy groups -OCH3 is 2. The van der Waals surface area contributed by atoms with Crippen LogP contribution in [0.4, 0.5) is 0 Å². The molecule has 0 N–H and O–H groups in total. The van der Waals surface area contributed by atoms with E-state index in [1.54, 1.807) is 32.4 Å². The molecule has 0 aliphatic heterocycles. The Balaban J connectivity index is 2.60. The number of Topliss-reactive ketones (excluding diaryl/α,β-unsaturated/α-hetero) is 1. The van der Waals surface area contributed by atoms with E-state index in [1.807, 2.05) is 20.8 Å². The Labute approximate surface area is 112 Å². The van der Waals surface area contributed by atoms with Crippen LogP contribution >= 0.6 is 0 Å². The fourth-order valence-electron chi connectivity index (χ4n) is 1.85. The third kappa shape index (κ3) is 2.43. The summed E-state index contributed by atoms with van der Waals surface area (Å²) in [4.78, 5) is 12.2. The summed E-state index contributed by atoms with van der Waals surface area (Å²) in [5.74, 6) is 1.57. The SMILES string of the molecule is COc1cc(OC)c2cc(C(=O)C(C)(C)C)oc2c1. The van der Waals surface area contributed by atoms with Crippen molar-refractivity contribution in [1.82, 2.24) is 0 Å². The van der Waals surface area contributed by atoms with Crippen molar-refractivity contribution < 1.29 is 18.7 Å². The average Bonchev–Trinajstić information content (AvgIpc) is 2.78. The van der Waals surface area contributed by atoms with Gasteiger partial charge in [-0.3, -0.25) is 4.79 Å². The van der Waals surface area contributed by atoms with Crippen LogP contribution in [0.2, 0.25) is 0 Å². The van der Waals surface area contributed by atoms with E-state index in [2.05, 4.69) is 0 Å². The maximum atomic E-state index is 12.2. The molecule has 0 unspecified atom stereocenters. The van der Waals surface area contributed by atoms with Crippen LogP contribution in [0.25, 0.3) is 11.0 Å². The van der Waals surface area contributed by atoms with Crippen molar-refractivity contribution in [2.24, 2.45) is 5.41 Å². The zero-order chi connectivity index (χ0) is 14.2. The number of rotatable bonds is 3. The maximum absolute atomic E-state index is 12.2. The lowest BCUT2D eigenvalue weighted by atomic mass is 9.89. The van der Waals surface area contributed by atoms with Crippen LogP contribution in [0.5, 0.6) is 11.5 Å². The van der Waals surface area contributed by atoms with Gasteiger partial charge in [-0.25, -0.2) is 0 Å². The van der Waals surface area contributed by atoms with Crippen LogP contribution in [-0.2, 0) is 0 Å². The molecule has 0 saturated heterocycles. The second kappa shape index (κ2) is 4.61. The molecule has 0 saturated carbocycles. The number of carbonyl (C=O) groups excluding carboxylic acids is 1. The van der Waals surface area contributed by atoms with E-state index in [0.717, 1.165) is 5.39 Å². The van der Waals surface area contributed by atoms with Gasteiger partial charge in [-0.1, -0.05) is 20.8 Å². The third-order valence-electron chi connectivity index (χ3n) is 2.93. The van der Waals surface area contributed by atoms with E-state index in [4.69, 9.17) is 13.9 Å². The summed E-state index contributed by atoms with van der Waals surface area (Å²) in [6.45, 7) is 5.58. The second-order valence-corrected chi connectivity index (χ2v) is 5.43. The number of ether oxygens (including phenoxy) is 2. The number of benzene rings is 1. The average molecular weight is 262 g/mol. The second-order valence-electron chi connectivity index (χ2n) is 5.43. The molecule has 0 radical (unpaired) electrons. The van der Waals surface area contributed by atoms with Gasteiger partial charge < -0.3 is 13.9 Å². The van der Waals surface area contributed by atoms with E-state index < -0.39 is 5.41 Å². The summed E-state index contributed by atoms with van der Waals surface area (Å²) in [6, 6.07) is 5.24. The third-order valence-corrected chi connectivity index (χ3v) is 2.93.